The molecular weight excluding hydrogens is 348 g/mol. The fourth-order valence-electron chi connectivity index (χ4n) is 3.87. The minimum absolute atomic E-state index is 0.224. The highest BCUT2D eigenvalue weighted by Gasteiger charge is 2.09. The van der Waals surface area contributed by atoms with E-state index in [4.69, 9.17) is 4.74 Å². The number of carbonyl (C=O) groups excluding carboxylic acids is 1. The third kappa shape index (κ3) is 16.4. The number of nitrogens with one attached hydrogen (secondary N) is 1. The average molecular weight is 397 g/mol. The van der Waals surface area contributed by atoms with E-state index in [0.29, 0.717) is 6.42 Å². The van der Waals surface area contributed by atoms with Crippen LogP contribution in [0.15, 0.2) is 0 Å². The summed E-state index contributed by atoms with van der Waals surface area (Å²) in [6.45, 7) is 10.0. The van der Waals surface area contributed by atoms with Crippen LogP contribution in [-0.4, -0.2) is 50.2 Å². The van der Waals surface area contributed by atoms with Crippen LogP contribution in [0, 0.1) is 5.92 Å². The number of hydrogen-bond acceptors (Lipinski definition) is 3. The van der Waals surface area contributed by atoms with Crippen molar-refractivity contribution < 1.29 is 9.53 Å². The zero-order valence-electron chi connectivity index (χ0n) is 19.0. The number of nitrogens with zero attached hydrogens (tertiary/aromatic N) is 1. The Kier molecular flexibility index (Phi) is 16.7. The highest BCUT2D eigenvalue weighted by Crippen LogP contribution is 2.14. The monoisotopic (exact) mass is 396 g/mol. The second-order valence-corrected chi connectivity index (χ2v) is 8.98. The van der Waals surface area contributed by atoms with E-state index in [1.165, 1.54) is 77.0 Å². The van der Waals surface area contributed by atoms with Gasteiger partial charge in [-0.05, 0) is 12.3 Å². The summed E-state index contributed by atoms with van der Waals surface area (Å²) in [5.74, 6) is 1.09. The van der Waals surface area contributed by atoms with Gasteiger partial charge in [-0.2, -0.15) is 0 Å². The molecule has 28 heavy (non-hydrogen) atoms. The first-order valence-corrected chi connectivity index (χ1v) is 12.3. The van der Waals surface area contributed by atoms with Crippen molar-refractivity contribution in [3.05, 3.63) is 0 Å². The Bertz CT molecular complexity index is 355. The Morgan fingerprint density at radius 2 is 1.32 bits per heavy atom. The molecule has 1 rings (SSSR count). The molecule has 0 radical (unpaired) electrons. The highest BCUT2D eigenvalue weighted by atomic mass is 16.5. The molecular formula is C24H48N2O2. The van der Waals surface area contributed by atoms with Crippen LogP contribution in [0.25, 0.3) is 0 Å². The minimum atomic E-state index is 0.224. The van der Waals surface area contributed by atoms with Gasteiger partial charge in [0, 0.05) is 32.6 Å². The van der Waals surface area contributed by atoms with Gasteiger partial charge in [-0.1, -0.05) is 90.9 Å². The first-order valence-electron chi connectivity index (χ1n) is 12.3. The Balaban J connectivity index is 1.73. The van der Waals surface area contributed by atoms with Gasteiger partial charge < -0.3 is 10.1 Å². The lowest BCUT2D eigenvalue weighted by Gasteiger charge is -2.26. The Morgan fingerprint density at radius 1 is 0.821 bits per heavy atom. The molecule has 0 saturated carbocycles. The molecule has 0 spiro atoms. The number of rotatable bonds is 18. The molecule has 4 heteroatoms. The molecule has 0 aromatic heterocycles. The smallest absolute Gasteiger partial charge is 0.220 e. The van der Waals surface area contributed by atoms with Crippen molar-refractivity contribution in [2.75, 3.05) is 39.4 Å². The van der Waals surface area contributed by atoms with E-state index in [9.17, 15) is 4.79 Å². The van der Waals surface area contributed by atoms with E-state index in [1.54, 1.807) is 0 Å². The van der Waals surface area contributed by atoms with E-state index >= 15 is 0 Å². The van der Waals surface area contributed by atoms with Crippen LogP contribution < -0.4 is 5.32 Å². The topological polar surface area (TPSA) is 41.6 Å². The molecule has 0 aromatic rings. The molecule has 0 bridgehead atoms. The van der Waals surface area contributed by atoms with Gasteiger partial charge in [0.25, 0.3) is 0 Å². The van der Waals surface area contributed by atoms with E-state index in [0.717, 1.165) is 51.7 Å². The summed E-state index contributed by atoms with van der Waals surface area (Å²) in [6, 6.07) is 0. The summed E-state index contributed by atoms with van der Waals surface area (Å²) >= 11 is 0. The summed E-state index contributed by atoms with van der Waals surface area (Å²) < 4.78 is 5.34. The summed E-state index contributed by atoms with van der Waals surface area (Å²) in [5, 5.41) is 3.06. The molecule has 0 unspecified atom stereocenters. The lowest BCUT2D eigenvalue weighted by molar-refractivity contribution is -0.121. The van der Waals surface area contributed by atoms with E-state index in [1.807, 2.05) is 0 Å². The van der Waals surface area contributed by atoms with Crippen LogP contribution in [0.1, 0.15) is 104 Å². The third-order valence-corrected chi connectivity index (χ3v) is 5.79. The van der Waals surface area contributed by atoms with Gasteiger partial charge in [0.2, 0.25) is 5.91 Å². The fourth-order valence-corrected chi connectivity index (χ4v) is 3.87. The number of amides is 1. The number of hydrogen-bond donors (Lipinski definition) is 1. The quantitative estimate of drug-likeness (QED) is 0.309. The van der Waals surface area contributed by atoms with Crippen molar-refractivity contribution in [2.24, 2.45) is 5.92 Å². The summed E-state index contributed by atoms with van der Waals surface area (Å²) in [7, 11) is 0. The van der Waals surface area contributed by atoms with Crippen molar-refractivity contribution in [3.63, 3.8) is 0 Å². The van der Waals surface area contributed by atoms with Gasteiger partial charge >= 0.3 is 0 Å². The molecule has 1 heterocycles. The van der Waals surface area contributed by atoms with Gasteiger partial charge in [0.1, 0.15) is 0 Å². The zero-order valence-corrected chi connectivity index (χ0v) is 19.0. The van der Waals surface area contributed by atoms with Crippen molar-refractivity contribution >= 4 is 5.91 Å². The molecule has 1 amide bonds. The van der Waals surface area contributed by atoms with Crippen LogP contribution in [0.4, 0.5) is 0 Å². The molecule has 1 saturated heterocycles. The Labute approximate surface area is 175 Å². The number of carbonyl (C=O) groups is 1. The summed E-state index contributed by atoms with van der Waals surface area (Å²) in [5.41, 5.74) is 0. The van der Waals surface area contributed by atoms with Gasteiger partial charge in [-0.25, -0.2) is 0 Å². The van der Waals surface area contributed by atoms with Crippen LogP contribution in [0.3, 0.4) is 0 Å². The van der Waals surface area contributed by atoms with Gasteiger partial charge in [0.05, 0.1) is 13.2 Å². The van der Waals surface area contributed by atoms with E-state index in [2.05, 4.69) is 24.1 Å². The standard InChI is InChI=1S/C24H48N2O2/c1-23(2)15-13-11-9-7-5-3-4-6-8-10-12-14-16-24(27)25-17-18-26-19-21-28-22-20-26/h23H,3-22H2,1-2H3,(H,25,27). The molecule has 4 nitrogen and oxygen atoms in total. The largest absolute Gasteiger partial charge is 0.379 e. The second-order valence-electron chi connectivity index (χ2n) is 8.98. The predicted octanol–water partition coefficient (Wildman–Crippen LogP) is 5.55. The Hall–Kier alpha value is -0.610. The lowest BCUT2D eigenvalue weighted by atomic mass is 10.0. The summed E-state index contributed by atoms with van der Waals surface area (Å²) in [6.07, 6.45) is 18.3. The SMILES string of the molecule is CC(C)CCCCCCCCCCCCCCC(=O)NCCN1CCOCC1. The zero-order chi connectivity index (χ0) is 20.3. The first kappa shape index (κ1) is 25.4. The van der Waals surface area contributed by atoms with E-state index in [-0.39, 0.29) is 5.91 Å². The van der Waals surface area contributed by atoms with Crippen LogP contribution >= 0.6 is 0 Å². The predicted molar refractivity (Wildman–Crippen MR) is 120 cm³/mol. The van der Waals surface area contributed by atoms with Crippen molar-refractivity contribution in [2.45, 2.75) is 104 Å². The van der Waals surface area contributed by atoms with Gasteiger partial charge in [-0.15, -0.1) is 0 Å². The van der Waals surface area contributed by atoms with Crippen LogP contribution in [0.5, 0.6) is 0 Å². The second kappa shape index (κ2) is 18.4. The molecule has 1 fully saturated rings. The van der Waals surface area contributed by atoms with E-state index < -0.39 is 0 Å². The maximum absolute atomic E-state index is 11.9. The minimum Gasteiger partial charge on any atom is -0.379 e. The summed E-state index contributed by atoms with van der Waals surface area (Å²) in [4.78, 5) is 14.2. The van der Waals surface area contributed by atoms with Gasteiger partial charge in [-0.3, -0.25) is 9.69 Å². The molecule has 1 N–H and O–H groups in total. The van der Waals surface area contributed by atoms with Crippen molar-refractivity contribution in [1.29, 1.82) is 0 Å². The first-order chi connectivity index (χ1) is 13.7. The highest BCUT2D eigenvalue weighted by molar-refractivity contribution is 5.75. The maximum atomic E-state index is 11.9. The van der Waals surface area contributed by atoms with Crippen LogP contribution in [-0.2, 0) is 9.53 Å². The lowest BCUT2D eigenvalue weighted by Crippen LogP contribution is -2.41. The molecule has 0 aromatic carbocycles. The number of unbranched alkanes of at least 4 members (excludes halogenated alkanes) is 11. The van der Waals surface area contributed by atoms with Crippen molar-refractivity contribution in [1.82, 2.24) is 10.2 Å². The molecule has 1 aliphatic rings. The normalized spacial score (nSPS) is 15.2. The molecule has 0 aliphatic carbocycles. The maximum Gasteiger partial charge on any atom is 0.220 e. The number of ether oxygens (including phenoxy) is 1. The van der Waals surface area contributed by atoms with Crippen LogP contribution in [0.2, 0.25) is 0 Å². The van der Waals surface area contributed by atoms with Crippen molar-refractivity contribution in [3.8, 4) is 0 Å². The third-order valence-electron chi connectivity index (χ3n) is 5.79. The number of morpholine rings is 1. The molecule has 1 aliphatic heterocycles. The fraction of sp³-hybridized carbons (Fsp3) is 0.958. The molecule has 166 valence electrons. The molecule has 0 atom stereocenters. The average Bonchev–Trinajstić information content (AvgIpc) is 2.69. The van der Waals surface area contributed by atoms with Gasteiger partial charge in [0.15, 0.2) is 0 Å². The Morgan fingerprint density at radius 3 is 1.86 bits per heavy atom.